The summed E-state index contributed by atoms with van der Waals surface area (Å²) < 4.78 is 1.57. The van der Waals surface area contributed by atoms with Crippen LogP contribution in [-0.2, 0) is 0 Å². The molecule has 4 aromatic carbocycles. The second-order valence-electron chi connectivity index (χ2n) is 9.46. The van der Waals surface area contributed by atoms with E-state index in [1.54, 1.807) is 24.3 Å². The van der Waals surface area contributed by atoms with Crippen molar-refractivity contribution in [3.05, 3.63) is 72.8 Å². The van der Waals surface area contributed by atoms with Gasteiger partial charge in [-0.2, -0.15) is 0 Å². The van der Waals surface area contributed by atoms with E-state index >= 15 is 0 Å². The molecule has 2 N–H and O–H groups in total. The van der Waals surface area contributed by atoms with Gasteiger partial charge in [0.15, 0.2) is 0 Å². The molecule has 32 heavy (non-hydrogen) atoms. The molecule has 0 amide bonds. The number of quaternary nitrogens is 2. The summed E-state index contributed by atoms with van der Waals surface area (Å²) in [5.74, 6) is 0.641. The van der Waals surface area contributed by atoms with Crippen LogP contribution in [0.3, 0.4) is 0 Å². The number of hydrogen-bond acceptors (Lipinski definition) is 2. The Kier molecular flexibility index (Phi) is 8.96. The molecule has 6 heteroatoms. The fourth-order valence-electron chi connectivity index (χ4n) is 3.28. The molecule has 0 spiro atoms. The highest BCUT2D eigenvalue weighted by atomic mass is 35.5. The fourth-order valence-corrected chi connectivity index (χ4v) is 3.28. The van der Waals surface area contributed by atoms with Crippen LogP contribution < -0.4 is 33.8 Å². The number of nitrogens with zero attached hydrogens (tertiary/aromatic N) is 2. The van der Waals surface area contributed by atoms with Crippen LogP contribution in [0.2, 0.25) is 0 Å². The highest BCUT2D eigenvalue weighted by molar-refractivity contribution is 5.87. The van der Waals surface area contributed by atoms with Gasteiger partial charge in [-0.25, -0.2) is 0 Å². The quantitative estimate of drug-likeness (QED) is 0.384. The molecule has 0 aliphatic heterocycles. The molecule has 4 nitrogen and oxygen atoms in total. The molecule has 0 saturated carbocycles. The lowest BCUT2D eigenvalue weighted by Crippen LogP contribution is -3.00. The van der Waals surface area contributed by atoms with Gasteiger partial charge in [-0.1, -0.05) is 12.1 Å². The van der Waals surface area contributed by atoms with Crippen molar-refractivity contribution in [3.8, 4) is 11.5 Å². The number of phenols is 2. The number of benzene rings is 4. The summed E-state index contributed by atoms with van der Waals surface area (Å²) in [6.07, 6.45) is 0. The molecule has 0 fully saturated rings. The van der Waals surface area contributed by atoms with Gasteiger partial charge in [-0.15, -0.1) is 0 Å². The first kappa shape index (κ1) is 27.5. The van der Waals surface area contributed by atoms with Crippen LogP contribution in [0.15, 0.2) is 72.8 Å². The van der Waals surface area contributed by atoms with Gasteiger partial charge in [-0.05, 0) is 70.1 Å². The average molecular weight is 475 g/mol. The van der Waals surface area contributed by atoms with E-state index < -0.39 is 0 Å². The minimum absolute atomic E-state index is 0. The zero-order valence-corrected chi connectivity index (χ0v) is 21.0. The summed E-state index contributed by atoms with van der Waals surface area (Å²) in [7, 11) is 12.8. The summed E-state index contributed by atoms with van der Waals surface area (Å²) >= 11 is 0. The van der Waals surface area contributed by atoms with Gasteiger partial charge >= 0.3 is 0 Å². The minimum Gasteiger partial charge on any atom is -1.00 e. The van der Waals surface area contributed by atoms with Crippen LogP contribution >= 0.6 is 0 Å². The highest BCUT2D eigenvalue weighted by Gasteiger charge is 2.13. The molecule has 0 unspecified atom stereocenters. The van der Waals surface area contributed by atoms with E-state index in [0.717, 1.165) is 30.5 Å². The third kappa shape index (κ3) is 6.75. The van der Waals surface area contributed by atoms with E-state index in [1.807, 2.05) is 12.1 Å². The summed E-state index contributed by atoms with van der Waals surface area (Å²) in [6.45, 7) is 0. The summed E-state index contributed by atoms with van der Waals surface area (Å²) in [5.41, 5.74) is 2.46. The van der Waals surface area contributed by atoms with Gasteiger partial charge < -0.3 is 35.0 Å². The smallest absolute Gasteiger partial charge is 0.132 e. The molecular weight excluding hydrogens is 443 g/mol. The van der Waals surface area contributed by atoms with Crippen LogP contribution in [0, 0.1) is 0 Å². The first-order valence-corrected chi connectivity index (χ1v) is 10.0. The second-order valence-corrected chi connectivity index (χ2v) is 9.46. The van der Waals surface area contributed by atoms with Gasteiger partial charge in [-0.3, -0.25) is 8.97 Å². The predicted molar refractivity (Wildman–Crippen MR) is 130 cm³/mol. The molecule has 4 rings (SSSR count). The van der Waals surface area contributed by atoms with Crippen LogP contribution in [0.1, 0.15) is 0 Å². The molecule has 0 bridgehead atoms. The Labute approximate surface area is 203 Å². The van der Waals surface area contributed by atoms with E-state index in [4.69, 9.17) is 0 Å². The van der Waals surface area contributed by atoms with Crippen molar-refractivity contribution in [2.75, 3.05) is 42.3 Å². The number of phenolic OH excluding ortho intramolecular Hbond substituents is 2. The monoisotopic (exact) mass is 474 g/mol. The van der Waals surface area contributed by atoms with Gasteiger partial charge in [0.05, 0.1) is 42.3 Å². The molecule has 0 aliphatic carbocycles. The van der Waals surface area contributed by atoms with E-state index in [-0.39, 0.29) is 24.8 Å². The lowest BCUT2D eigenvalue weighted by molar-refractivity contribution is -0.00100. The van der Waals surface area contributed by atoms with Gasteiger partial charge in [0.1, 0.15) is 22.9 Å². The van der Waals surface area contributed by atoms with Crippen molar-refractivity contribution in [1.82, 2.24) is 8.97 Å². The number of fused-ring (bicyclic) bond motifs is 2. The lowest BCUT2D eigenvalue weighted by atomic mass is 10.1. The lowest BCUT2D eigenvalue weighted by Gasteiger charge is -2.23. The Balaban J connectivity index is 0.000000301. The van der Waals surface area contributed by atoms with Crippen LogP contribution in [-0.4, -0.2) is 52.5 Å². The molecule has 0 saturated heterocycles. The van der Waals surface area contributed by atoms with E-state index in [2.05, 4.69) is 78.7 Å². The van der Waals surface area contributed by atoms with Crippen LogP contribution in [0.4, 0.5) is 11.4 Å². The summed E-state index contributed by atoms with van der Waals surface area (Å²) in [5, 5.41) is 23.3. The van der Waals surface area contributed by atoms with Gasteiger partial charge in [0.2, 0.25) is 0 Å². The number of rotatable bonds is 2. The Hall–Kier alpha value is -2.50. The number of aromatic hydroxyl groups is 2. The van der Waals surface area contributed by atoms with Crippen molar-refractivity contribution in [2.45, 2.75) is 0 Å². The minimum atomic E-state index is 0. The van der Waals surface area contributed by atoms with Crippen molar-refractivity contribution < 1.29 is 35.0 Å². The van der Waals surface area contributed by atoms with Crippen molar-refractivity contribution in [1.29, 1.82) is 0 Å². The van der Waals surface area contributed by atoms with E-state index in [1.165, 1.54) is 11.4 Å². The van der Waals surface area contributed by atoms with Crippen molar-refractivity contribution >= 4 is 32.9 Å². The van der Waals surface area contributed by atoms with Crippen LogP contribution in [0.5, 0.6) is 11.5 Å². The first-order valence-electron chi connectivity index (χ1n) is 10.0. The Morgan fingerprint density at radius 3 is 1.06 bits per heavy atom. The maximum atomic E-state index is 9.42. The average Bonchev–Trinajstić information content (AvgIpc) is 2.66. The van der Waals surface area contributed by atoms with E-state index in [0.29, 0.717) is 11.5 Å². The zero-order valence-electron chi connectivity index (χ0n) is 19.5. The Bertz CT molecular complexity index is 1100. The fraction of sp³-hybridized carbons (Fsp3) is 0.231. The molecule has 0 aromatic heterocycles. The highest BCUT2D eigenvalue weighted by Crippen LogP contribution is 2.27. The number of halogens is 2. The summed E-state index contributed by atoms with van der Waals surface area (Å²) in [6, 6.07) is 23.6. The maximum absolute atomic E-state index is 9.42. The Morgan fingerprint density at radius 2 is 0.750 bits per heavy atom. The van der Waals surface area contributed by atoms with Crippen molar-refractivity contribution in [2.24, 2.45) is 0 Å². The predicted octanol–water partition coefficient (Wildman–Crippen LogP) is -0.508. The van der Waals surface area contributed by atoms with E-state index in [9.17, 15) is 10.2 Å². The molecule has 172 valence electrons. The van der Waals surface area contributed by atoms with Crippen molar-refractivity contribution in [3.63, 3.8) is 0 Å². The Morgan fingerprint density at radius 1 is 0.438 bits per heavy atom. The topological polar surface area (TPSA) is 40.5 Å². The van der Waals surface area contributed by atoms with Crippen LogP contribution in [0.25, 0.3) is 21.5 Å². The van der Waals surface area contributed by atoms with Gasteiger partial charge in [0.25, 0.3) is 0 Å². The molecular formula is C26H32Cl2N2O2. The summed E-state index contributed by atoms with van der Waals surface area (Å²) in [4.78, 5) is 0. The normalized spacial score (nSPS) is 11.2. The standard InChI is InChI=1S/2C13H15NO.2ClH/c2*1-14(2,3)12-6-4-10-5-7-13(15)9-11(10)8-12;;/h2*4-9H,1-3H3;2*1H. The maximum Gasteiger partial charge on any atom is 0.132 e. The third-order valence-corrected chi connectivity index (χ3v) is 5.16. The number of hydrogen-bond donors (Lipinski definition) is 2. The van der Waals surface area contributed by atoms with Gasteiger partial charge in [0, 0.05) is 12.1 Å². The molecule has 0 heterocycles. The first-order chi connectivity index (χ1) is 13.9. The third-order valence-electron chi connectivity index (χ3n) is 5.16. The molecule has 4 aromatic rings. The molecule has 0 radical (unpaired) electrons. The largest absolute Gasteiger partial charge is 1.00 e. The SMILES string of the molecule is C[N+](C)(C)c1ccc2ccc(O)cc2c1.C[N+](C)(C)c1ccc2ccc(O)cc2c1.[Cl-].[Cl-]. The second kappa shape index (κ2) is 10.4. The molecule has 0 atom stereocenters. The zero-order chi connectivity index (χ0) is 22.1. The molecule has 0 aliphatic rings.